The molecule has 2 fully saturated rings. The largest absolute Gasteiger partial charge is 0.378 e. The van der Waals surface area contributed by atoms with Crippen molar-refractivity contribution in [1.82, 2.24) is 24.6 Å². The molecule has 1 aromatic heterocycles. The van der Waals surface area contributed by atoms with Gasteiger partial charge in [0.25, 0.3) is 0 Å². The van der Waals surface area contributed by atoms with Gasteiger partial charge in [-0.1, -0.05) is 0 Å². The summed E-state index contributed by atoms with van der Waals surface area (Å²) in [6.07, 6.45) is 6.31. The second-order valence-corrected chi connectivity index (χ2v) is 5.69. The lowest BCUT2D eigenvalue weighted by molar-refractivity contribution is -0.135. The summed E-state index contributed by atoms with van der Waals surface area (Å²) >= 11 is 0. The Labute approximate surface area is 124 Å². The van der Waals surface area contributed by atoms with E-state index in [1.165, 1.54) is 12.8 Å². The molecular formula is C14H23N5O2. The zero-order valence-corrected chi connectivity index (χ0v) is 12.4. The molecule has 7 heteroatoms. The van der Waals surface area contributed by atoms with Gasteiger partial charge in [-0.2, -0.15) is 5.10 Å². The lowest BCUT2D eigenvalue weighted by atomic mass is 10.2. The normalized spacial score (nSPS) is 23.6. The van der Waals surface area contributed by atoms with Gasteiger partial charge in [-0.25, -0.2) is 4.98 Å². The minimum atomic E-state index is 0.254. The lowest BCUT2D eigenvalue weighted by Gasteiger charge is -2.29. The molecule has 0 unspecified atom stereocenters. The maximum absolute atomic E-state index is 12.2. The van der Waals surface area contributed by atoms with Crippen LogP contribution in [-0.2, 0) is 16.1 Å². The highest BCUT2D eigenvalue weighted by molar-refractivity contribution is 5.76. The average molecular weight is 293 g/mol. The predicted octanol–water partition coefficient (Wildman–Crippen LogP) is -0.00860. The molecule has 0 aliphatic carbocycles. The Morgan fingerprint density at radius 1 is 1.29 bits per heavy atom. The number of hydrogen-bond acceptors (Lipinski definition) is 5. The molecule has 0 bridgehead atoms. The maximum Gasteiger partial charge on any atom is 0.224 e. The standard InChI is InChI=1S/C14H23N5O2/c20-14(18-6-8-21-9-7-18)3-5-17-4-1-2-13(17)10-19-12-15-11-16-19/h11-13H,1-10H2/t13-/m0/s1. The van der Waals surface area contributed by atoms with Crippen LogP contribution in [0.25, 0.3) is 0 Å². The van der Waals surface area contributed by atoms with Gasteiger partial charge < -0.3 is 9.64 Å². The van der Waals surface area contributed by atoms with Crippen LogP contribution < -0.4 is 0 Å². The summed E-state index contributed by atoms with van der Waals surface area (Å²) < 4.78 is 7.17. The Hall–Kier alpha value is -1.47. The van der Waals surface area contributed by atoms with E-state index >= 15 is 0 Å². The van der Waals surface area contributed by atoms with Crippen LogP contribution in [-0.4, -0.2) is 75.9 Å². The van der Waals surface area contributed by atoms with Crippen LogP contribution in [0.4, 0.5) is 0 Å². The number of likely N-dealkylation sites (tertiary alicyclic amines) is 1. The number of carbonyl (C=O) groups excluding carboxylic acids is 1. The first-order valence-electron chi connectivity index (χ1n) is 7.75. The summed E-state index contributed by atoms with van der Waals surface area (Å²) in [7, 11) is 0. The molecule has 2 aliphatic heterocycles. The minimum absolute atomic E-state index is 0.254. The third-order valence-corrected chi connectivity index (χ3v) is 4.34. The van der Waals surface area contributed by atoms with Crippen molar-refractivity contribution in [3.05, 3.63) is 12.7 Å². The smallest absolute Gasteiger partial charge is 0.224 e. The third kappa shape index (κ3) is 3.79. The van der Waals surface area contributed by atoms with Gasteiger partial charge in [-0.3, -0.25) is 14.4 Å². The van der Waals surface area contributed by atoms with Crippen molar-refractivity contribution in [3.8, 4) is 0 Å². The quantitative estimate of drug-likeness (QED) is 0.764. The first-order chi connectivity index (χ1) is 10.3. The van der Waals surface area contributed by atoms with Gasteiger partial charge in [0.05, 0.1) is 19.8 Å². The summed E-state index contributed by atoms with van der Waals surface area (Å²) in [5.74, 6) is 0.254. The minimum Gasteiger partial charge on any atom is -0.378 e. The van der Waals surface area contributed by atoms with Gasteiger partial charge in [-0.05, 0) is 19.4 Å². The van der Waals surface area contributed by atoms with E-state index in [2.05, 4.69) is 15.0 Å². The van der Waals surface area contributed by atoms with Crippen LogP contribution in [0.15, 0.2) is 12.7 Å². The topological polar surface area (TPSA) is 63.5 Å². The van der Waals surface area contributed by atoms with Gasteiger partial charge in [0, 0.05) is 32.1 Å². The Balaban J connectivity index is 1.46. The molecule has 116 valence electrons. The van der Waals surface area contributed by atoms with Crippen LogP contribution >= 0.6 is 0 Å². The molecule has 21 heavy (non-hydrogen) atoms. The lowest BCUT2D eigenvalue weighted by Crippen LogP contribution is -2.42. The Kier molecular flexibility index (Phi) is 4.82. The fourth-order valence-corrected chi connectivity index (χ4v) is 3.15. The summed E-state index contributed by atoms with van der Waals surface area (Å²) in [4.78, 5) is 20.5. The number of carbonyl (C=O) groups is 1. The molecule has 7 nitrogen and oxygen atoms in total. The summed E-state index contributed by atoms with van der Waals surface area (Å²) in [5, 5.41) is 4.17. The monoisotopic (exact) mass is 293 g/mol. The van der Waals surface area contributed by atoms with Gasteiger partial charge in [0.15, 0.2) is 0 Å². The zero-order chi connectivity index (χ0) is 14.5. The van der Waals surface area contributed by atoms with Crippen molar-refractivity contribution in [2.24, 2.45) is 0 Å². The highest BCUT2D eigenvalue weighted by atomic mass is 16.5. The van der Waals surface area contributed by atoms with E-state index in [0.29, 0.717) is 25.7 Å². The van der Waals surface area contributed by atoms with Crippen LogP contribution in [0.3, 0.4) is 0 Å². The molecule has 0 spiro atoms. The van der Waals surface area contributed by atoms with E-state index in [4.69, 9.17) is 4.74 Å². The molecule has 3 rings (SSSR count). The Morgan fingerprint density at radius 2 is 2.14 bits per heavy atom. The molecule has 0 radical (unpaired) electrons. The number of rotatable bonds is 5. The third-order valence-electron chi connectivity index (χ3n) is 4.34. The van der Waals surface area contributed by atoms with E-state index < -0.39 is 0 Å². The number of hydrogen-bond donors (Lipinski definition) is 0. The first-order valence-corrected chi connectivity index (χ1v) is 7.75. The van der Waals surface area contributed by atoms with Crippen LogP contribution in [0.2, 0.25) is 0 Å². The fraction of sp³-hybridized carbons (Fsp3) is 0.786. The Morgan fingerprint density at radius 3 is 2.90 bits per heavy atom. The van der Waals surface area contributed by atoms with Crippen molar-refractivity contribution in [1.29, 1.82) is 0 Å². The molecule has 1 amide bonds. The number of ether oxygens (including phenoxy) is 1. The number of morpholine rings is 1. The van der Waals surface area contributed by atoms with Crippen molar-refractivity contribution >= 4 is 5.91 Å². The Bertz CT molecular complexity index is 444. The molecule has 2 saturated heterocycles. The second-order valence-electron chi connectivity index (χ2n) is 5.69. The van der Waals surface area contributed by atoms with E-state index in [-0.39, 0.29) is 5.91 Å². The fourth-order valence-electron chi connectivity index (χ4n) is 3.15. The molecule has 0 aromatic carbocycles. The second kappa shape index (κ2) is 7.00. The summed E-state index contributed by atoms with van der Waals surface area (Å²) in [6, 6.07) is 0.476. The number of aromatic nitrogens is 3. The molecule has 1 aromatic rings. The van der Waals surface area contributed by atoms with Gasteiger partial charge >= 0.3 is 0 Å². The molecule has 0 N–H and O–H groups in total. The van der Waals surface area contributed by atoms with Gasteiger partial charge in [0.1, 0.15) is 12.7 Å². The maximum atomic E-state index is 12.2. The zero-order valence-electron chi connectivity index (χ0n) is 12.4. The number of amides is 1. The van der Waals surface area contributed by atoms with Crippen molar-refractivity contribution < 1.29 is 9.53 Å². The highest BCUT2D eigenvalue weighted by Crippen LogP contribution is 2.19. The van der Waals surface area contributed by atoms with Crippen LogP contribution in [0.1, 0.15) is 19.3 Å². The van der Waals surface area contributed by atoms with E-state index in [1.54, 1.807) is 12.7 Å². The van der Waals surface area contributed by atoms with Crippen molar-refractivity contribution in [2.45, 2.75) is 31.8 Å². The number of nitrogens with zero attached hydrogens (tertiary/aromatic N) is 5. The highest BCUT2D eigenvalue weighted by Gasteiger charge is 2.26. The molecule has 2 aliphatic rings. The van der Waals surface area contributed by atoms with Gasteiger partial charge in [0.2, 0.25) is 5.91 Å². The van der Waals surface area contributed by atoms with E-state index in [9.17, 15) is 4.79 Å². The van der Waals surface area contributed by atoms with Crippen LogP contribution in [0, 0.1) is 0 Å². The van der Waals surface area contributed by atoms with E-state index in [1.807, 2.05) is 9.58 Å². The molecule has 3 heterocycles. The predicted molar refractivity (Wildman–Crippen MR) is 76.6 cm³/mol. The molecule has 1 atom stereocenters. The van der Waals surface area contributed by atoms with Crippen molar-refractivity contribution in [2.75, 3.05) is 39.4 Å². The molecular weight excluding hydrogens is 270 g/mol. The van der Waals surface area contributed by atoms with Crippen molar-refractivity contribution in [3.63, 3.8) is 0 Å². The average Bonchev–Trinajstić information content (AvgIpc) is 3.18. The summed E-state index contributed by atoms with van der Waals surface area (Å²) in [5.41, 5.74) is 0. The molecule has 0 saturated carbocycles. The SMILES string of the molecule is O=C(CCN1CCC[C@H]1Cn1cncn1)N1CCOCC1. The van der Waals surface area contributed by atoms with E-state index in [0.717, 1.165) is 32.7 Å². The summed E-state index contributed by atoms with van der Waals surface area (Å²) in [6.45, 7) is 5.61. The van der Waals surface area contributed by atoms with Gasteiger partial charge in [-0.15, -0.1) is 0 Å². The first kappa shape index (κ1) is 14.5. The van der Waals surface area contributed by atoms with Crippen LogP contribution in [0.5, 0.6) is 0 Å².